The van der Waals surface area contributed by atoms with Gasteiger partial charge >= 0.3 is 0 Å². The van der Waals surface area contributed by atoms with Gasteiger partial charge in [-0.2, -0.15) is 0 Å². The van der Waals surface area contributed by atoms with Crippen molar-refractivity contribution in [3.63, 3.8) is 0 Å². The van der Waals surface area contributed by atoms with E-state index in [1.807, 2.05) is 30.3 Å². The van der Waals surface area contributed by atoms with Crippen molar-refractivity contribution >= 4 is 76.1 Å². The molecule has 0 radical (unpaired) electrons. The number of aromatic nitrogens is 4. The first-order valence-corrected chi connectivity index (χ1v) is 18.9. The molecule has 12 rings (SSSR count). The van der Waals surface area contributed by atoms with Gasteiger partial charge in [0.25, 0.3) is 0 Å². The van der Waals surface area contributed by atoms with Crippen LogP contribution >= 0.6 is 0 Å². The van der Waals surface area contributed by atoms with Gasteiger partial charge in [0.1, 0.15) is 11.2 Å². The third-order valence-electron chi connectivity index (χ3n) is 11.2. The molecular formula is C51H30N4O. The first-order valence-electron chi connectivity index (χ1n) is 18.9. The fourth-order valence-electron chi connectivity index (χ4n) is 8.66. The van der Waals surface area contributed by atoms with Crippen LogP contribution in [0.5, 0.6) is 0 Å². The summed E-state index contributed by atoms with van der Waals surface area (Å²) in [6, 6.07) is 63.8. The lowest BCUT2D eigenvalue weighted by atomic mass is 9.96. The zero-order chi connectivity index (χ0) is 36.7. The minimum atomic E-state index is 0.539. The van der Waals surface area contributed by atoms with Crippen LogP contribution in [0.2, 0.25) is 0 Å². The highest BCUT2D eigenvalue weighted by atomic mass is 16.3. The van der Waals surface area contributed by atoms with Crippen molar-refractivity contribution in [2.45, 2.75) is 0 Å². The number of hydrogen-bond acceptors (Lipinski definition) is 4. The number of para-hydroxylation sites is 2. The molecule has 0 atom stereocenters. The number of nitrogens with zero attached hydrogens (tertiary/aromatic N) is 4. The standard InChI is InChI=1S/C51H30N4O/c1-2-14-31(15-3-1)49-52-50(42-29-34-18-6-7-19-35(34)36-20-8-9-21-37(36)42)54-51(53-49)47-44(27-26-40-39-23-11-13-25-46(39)56-48(40)47)55-43-24-12-10-22-38(43)41-28-32-16-4-5-17-33(32)30-45(41)55/h1-30H. The van der Waals surface area contributed by atoms with Gasteiger partial charge in [0.15, 0.2) is 17.5 Å². The molecule has 0 N–H and O–H groups in total. The topological polar surface area (TPSA) is 56.7 Å². The maximum absolute atomic E-state index is 6.88. The Morgan fingerprint density at radius 2 is 1.00 bits per heavy atom. The molecule has 0 fully saturated rings. The highest BCUT2D eigenvalue weighted by molar-refractivity contribution is 6.17. The molecule has 0 saturated carbocycles. The maximum Gasteiger partial charge on any atom is 0.170 e. The predicted octanol–water partition coefficient (Wildman–Crippen LogP) is 13.3. The van der Waals surface area contributed by atoms with Crippen molar-refractivity contribution in [1.82, 2.24) is 19.5 Å². The minimum Gasteiger partial charge on any atom is -0.455 e. The molecule has 9 aromatic carbocycles. The quantitative estimate of drug-likeness (QED) is 0.170. The first kappa shape index (κ1) is 30.8. The van der Waals surface area contributed by atoms with E-state index in [1.165, 1.54) is 26.9 Å². The van der Waals surface area contributed by atoms with E-state index in [-0.39, 0.29) is 0 Å². The number of hydrogen-bond donors (Lipinski definition) is 0. The largest absolute Gasteiger partial charge is 0.455 e. The Kier molecular flexibility index (Phi) is 6.56. The summed E-state index contributed by atoms with van der Waals surface area (Å²) in [5, 5.41) is 11.3. The molecule has 260 valence electrons. The lowest BCUT2D eigenvalue weighted by molar-refractivity contribution is 0.669. The van der Waals surface area contributed by atoms with Crippen LogP contribution in [0.15, 0.2) is 186 Å². The molecule has 0 unspecified atom stereocenters. The lowest BCUT2D eigenvalue weighted by Crippen LogP contribution is -2.04. The highest BCUT2D eigenvalue weighted by Gasteiger charge is 2.25. The third-order valence-corrected chi connectivity index (χ3v) is 11.2. The van der Waals surface area contributed by atoms with Crippen molar-refractivity contribution in [2.24, 2.45) is 0 Å². The second-order valence-electron chi connectivity index (χ2n) is 14.4. The third kappa shape index (κ3) is 4.58. The molecule has 3 aromatic heterocycles. The molecular weight excluding hydrogens is 685 g/mol. The summed E-state index contributed by atoms with van der Waals surface area (Å²) in [7, 11) is 0. The van der Waals surface area contributed by atoms with Crippen molar-refractivity contribution < 1.29 is 4.42 Å². The van der Waals surface area contributed by atoms with Crippen LogP contribution in [-0.2, 0) is 0 Å². The second kappa shape index (κ2) is 11.9. The maximum atomic E-state index is 6.88. The van der Waals surface area contributed by atoms with E-state index in [4.69, 9.17) is 19.4 Å². The van der Waals surface area contributed by atoms with Crippen molar-refractivity contribution in [3.8, 4) is 39.9 Å². The van der Waals surface area contributed by atoms with Crippen LogP contribution in [0.4, 0.5) is 0 Å². The molecule has 56 heavy (non-hydrogen) atoms. The molecule has 0 aliphatic carbocycles. The summed E-state index contributed by atoms with van der Waals surface area (Å²) in [5.74, 6) is 1.73. The van der Waals surface area contributed by atoms with Crippen LogP contribution < -0.4 is 0 Å². The summed E-state index contributed by atoms with van der Waals surface area (Å²) in [6.07, 6.45) is 0. The van der Waals surface area contributed by atoms with Gasteiger partial charge < -0.3 is 8.98 Å². The molecule has 0 aliphatic heterocycles. The van der Waals surface area contributed by atoms with Crippen LogP contribution in [0.25, 0.3) is 116 Å². The van der Waals surface area contributed by atoms with Crippen LogP contribution in [0.3, 0.4) is 0 Å². The number of benzene rings is 9. The average Bonchev–Trinajstić information content (AvgIpc) is 3.80. The second-order valence-corrected chi connectivity index (χ2v) is 14.4. The van der Waals surface area contributed by atoms with E-state index in [9.17, 15) is 0 Å². The summed E-state index contributed by atoms with van der Waals surface area (Å²) < 4.78 is 9.23. The van der Waals surface area contributed by atoms with E-state index in [0.717, 1.165) is 71.5 Å². The van der Waals surface area contributed by atoms with Gasteiger partial charge in [-0.25, -0.2) is 15.0 Å². The molecule has 0 aliphatic rings. The Hall–Kier alpha value is -7.63. The number of furan rings is 1. The minimum absolute atomic E-state index is 0.539. The molecule has 0 amide bonds. The van der Waals surface area contributed by atoms with Crippen LogP contribution in [0, 0.1) is 0 Å². The van der Waals surface area contributed by atoms with Gasteiger partial charge in [0, 0.05) is 32.7 Å². The summed E-state index contributed by atoms with van der Waals surface area (Å²) >= 11 is 0. The van der Waals surface area contributed by atoms with Gasteiger partial charge in [-0.05, 0) is 74.8 Å². The summed E-state index contributed by atoms with van der Waals surface area (Å²) in [5.41, 5.74) is 7.32. The smallest absolute Gasteiger partial charge is 0.170 e. The highest BCUT2D eigenvalue weighted by Crippen LogP contribution is 2.44. The number of fused-ring (bicyclic) bond motifs is 10. The SMILES string of the molecule is c1ccc(-c2nc(-c3cc4ccccc4c4ccccc34)nc(-c3c(-n4c5ccccc5c5cc6ccccc6cc54)ccc4c3oc3ccccc34)n2)cc1. The molecule has 0 saturated heterocycles. The fourth-order valence-corrected chi connectivity index (χ4v) is 8.66. The van der Waals surface area contributed by atoms with Crippen LogP contribution in [-0.4, -0.2) is 19.5 Å². The lowest BCUT2D eigenvalue weighted by Gasteiger charge is -2.16. The van der Waals surface area contributed by atoms with E-state index < -0.39 is 0 Å². The molecule has 12 aromatic rings. The normalized spacial score (nSPS) is 11.9. The Balaban J connectivity index is 1.24. The first-order chi connectivity index (χ1) is 27.8. The van der Waals surface area contributed by atoms with Crippen LogP contribution in [0.1, 0.15) is 0 Å². The van der Waals surface area contributed by atoms with E-state index in [0.29, 0.717) is 17.5 Å². The number of rotatable bonds is 4. The fraction of sp³-hybridized carbons (Fsp3) is 0. The summed E-state index contributed by atoms with van der Waals surface area (Å²) in [6.45, 7) is 0. The summed E-state index contributed by atoms with van der Waals surface area (Å²) in [4.78, 5) is 16.1. The zero-order valence-corrected chi connectivity index (χ0v) is 30.0. The Labute approximate surface area is 320 Å². The van der Waals surface area contributed by atoms with E-state index in [2.05, 4.69) is 156 Å². The zero-order valence-electron chi connectivity index (χ0n) is 30.0. The van der Waals surface area contributed by atoms with E-state index in [1.54, 1.807) is 0 Å². The Bertz CT molecular complexity index is 3540. The van der Waals surface area contributed by atoms with Crippen molar-refractivity contribution in [3.05, 3.63) is 182 Å². The predicted molar refractivity (Wildman–Crippen MR) is 230 cm³/mol. The average molecular weight is 715 g/mol. The molecule has 5 nitrogen and oxygen atoms in total. The molecule has 0 bridgehead atoms. The molecule has 3 heterocycles. The van der Waals surface area contributed by atoms with Crippen molar-refractivity contribution in [1.29, 1.82) is 0 Å². The molecule has 0 spiro atoms. The van der Waals surface area contributed by atoms with Gasteiger partial charge in [-0.1, -0.05) is 140 Å². The van der Waals surface area contributed by atoms with Crippen molar-refractivity contribution in [2.75, 3.05) is 0 Å². The van der Waals surface area contributed by atoms with Gasteiger partial charge in [0.2, 0.25) is 0 Å². The van der Waals surface area contributed by atoms with Gasteiger partial charge in [-0.15, -0.1) is 0 Å². The molecule has 5 heteroatoms. The van der Waals surface area contributed by atoms with Gasteiger partial charge in [0.05, 0.1) is 22.3 Å². The van der Waals surface area contributed by atoms with E-state index >= 15 is 0 Å². The Morgan fingerprint density at radius 1 is 0.375 bits per heavy atom. The van der Waals surface area contributed by atoms with Gasteiger partial charge in [-0.3, -0.25) is 0 Å². The monoisotopic (exact) mass is 714 g/mol. The Morgan fingerprint density at radius 3 is 1.84 bits per heavy atom.